The number of ether oxygens (including phenoxy) is 1. The number of nitrogens with zero attached hydrogens (tertiary/aromatic N) is 2. The number of rotatable bonds is 4. The Hall–Kier alpha value is -2.21. The van der Waals surface area contributed by atoms with Crippen molar-refractivity contribution >= 4 is 22.0 Å². The largest absolute Gasteiger partial charge is 0.508 e. The van der Waals surface area contributed by atoms with Gasteiger partial charge in [-0.1, -0.05) is 0 Å². The fourth-order valence-electron chi connectivity index (χ4n) is 2.16. The molecular weight excluding hydrogens is 274 g/mol. The summed E-state index contributed by atoms with van der Waals surface area (Å²) in [6.45, 7) is 2.56. The van der Waals surface area contributed by atoms with Gasteiger partial charge in [0.1, 0.15) is 11.4 Å². The molecule has 1 aromatic carbocycles. The molecule has 0 saturated carbocycles. The van der Waals surface area contributed by atoms with Gasteiger partial charge in [0.05, 0.1) is 13.7 Å². The zero-order valence-electron chi connectivity index (χ0n) is 11.3. The minimum absolute atomic E-state index is 0.273. The van der Waals surface area contributed by atoms with Crippen LogP contribution in [0, 0.1) is 6.92 Å². The predicted octanol–water partition coefficient (Wildman–Crippen LogP) is 3.03. The first-order valence-electron chi connectivity index (χ1n) is 6.21. The molecule has 3 aromatic rings. The van der Waals surface area contributed by atoms with E-state index in [9.17, 15) is 5.11 Å². The highest BCUT2D eigenvalue weighted by Crippen LogP contribution is 2.25. The zero-order chi connectivity index (χ0) is 14.1. The van der Waals surface area contributed by atoms with E-state index in [0.717, 1.165) is 21.9 Å². The van der Waals surface area contributed by atoms with Crippen LogP contribution in [0.25, 0.3) is 4.96 Å². The van der Waals surface area contributed by atoms with Gasteiger partial charge in [0.25, 0.3) is 0 Å². The molecule has 3 rings (SSSR count). The van der Waals surface area contributed by atoms with E-state index in [1.54, 1.807) is 30.6 Å². The highest BCUT2D eigenvalue weighted by atomic mass is 32.1. The molecule has 0 spiro atoms. The van der Waals surface area contributed by atoms with Gasteiger partial charge in [-0.3, -0.25) is 4.40 Å². The first kappa shape index (κ1) is 12.8. The molecule has 6 heteroatoms. The van der Waals surface area contributed by atoms with Crippen LogP contribution in [0.2, 0.25) is 0 Å². The average Bonchev–Trinajstić information content (AvgIpc) is 2.98. The quantitative estimate of drug-likeness (QED) is 0.725. The van der Waals surface area contributed by atoms with Gasteiger partial charge in [-0.15, -0.1) is 11.3 Å². The zero-order valence-corrected chi connectivity index (χ0v) is 12.1. The number of phenolic OH excluding ortho intramolecular Hbond substituents is 1. The molecule has 2 heterocycles. The van der Waals surface area contributed by atoms with E-state index in [0.29, 0.717) is 12.4 Å². The van der Waals surface area contributed by atoms with Crippen LogP contribution in [0.3, 0.4) is 0 Å². The number of thiazole rings is 1. The fourth-order valence-corrected chi connectivity index (χ4v) is 2.89. The number of fused-ring (bicyclic) bond motifs is 1. The van der Waals surface area contributed by atoms with Gasteiger partial charge in [-0.25, -0.2) is 0 Å². The lowest BCUT2D eigenvalue weighted by Gasteiger charge is -2.10. The average molecular weight is 289 g/mol. The second kappa shape index (κ2) is 5.05. The number of aromatic hydroxyl groups is 1. The number of benzene rings is 1. The van der Waals surface area contributed by atoms with Crippen molar-refractivity contribution in [3.8, 4) is 11.6 Å². The Bertz CT molecular complexity index is 748. The van der Waals surface area contributed by atoms with Gasteiger partial charge in [0.2, 0.25) is 5.88 Å². The Balaban J connectivity index is 1.87. The van der Waals surface area contributed by atoms with Crippen LogP contribution < -0.4 is 10.1 Å². The SMILES string of the molecule is COc1nc2sccn2c1CNc1ccc(O)cc1C. The second-order valence-corrected chi connectivity index (χ2v) is 5.35. The number of anilines is 1. The summed E-state index contributed by atoms with van der Waals surface area (Å²) in [7, 11) is 1.63. The van der Waals surface area contributed by atoms with E-state index >= 15 is 0 Å². The van der Waals surface area contributed by atoms with Crippen LogP contribution in [0.15, 0.2) is 29.8 Å². The molecule has 0 aliphatic carbocycles. The van der Waals surface area contributed by atoms with Gasteiger partial charge < -0.3 is 15.2 Å². The van der Waals surface area contributed by atoms with Crippen LogP contribution in [-0.4, -0.2) is 21.6 Å². The van der Waals surface area contributed by atoms with E-state index in [4.69, 9.17) is 4.74 Å². The van der Waals surface area contributed by atoms with Crippen LogP contribution in [0.5, 0.6) is 11.6 Å². The molecule has 0 saturated heterocycles. The van der Waals surface area contributed by atoms with Crippen molar-refractivity contribution in [2.75, 3.05) is 12.4 Å². The number of hydrogen-bond acceptors (Lipinski definition) is 5. The van der Waals surface area contributed by atoms with Crippen molar-refractivity contribution < 1.29 is 9.84 Å². The first-order valence-corrected chi connectivity index (χ1v) is 7.09. The van der Waals surface area contributed by atoms with Gasteiger partial charge in [-0.05, 0) is 30.7 Å². The van der Waals surface area contributed by atoms with Gasteiger partial charge >= 0.3 is 0 Å². The predicted molar refractivity (Wildman–Crippen MR) is 79.8 cm³/mol. The van der Waals surface area contributed by atoms with Crippen molar-refractivity contribution in [2.45, 2.75) is 13.5 Å². The standard InChI is InChI=1S/C14H15N3O2S/c1-9-7-10(18)3-4-11(9)15-8-12-13(19-2)16-14-17(12)5-6-20-14/h3-7,15,18H,8H2,1-2H3. The highest BCUT2D eigenvalue weighted by Gasteiger charge is 2.13. The minimum Gasteiger partial charge on any atom is -0.508 e. The maximum atomic E-state index is 9.42. The molecule has 0 amide bonds. The number of imidazole rings is 1. The summed E-state index contributed by atoms with van der Waals surface area (Å²) < 4.78 is 7.34. The van der Waals surface area contributed by atoms with Crippen LogP contribution in [-0.2, 0) is 6.54 Å². The van der Waals surface area contributed by atoms with E-state index in [-0.39, 0.29) is 5.75 Å². The lowest BCUT2D eigenvalue weighted by atomic mass is 10.2. The summed E-state index contributed by atoms with van der Waals surface area (Å²) in [5, 5.41) is 14.8. The Morgan fingerprint density at radius 2 is 2.30 bits per heavy atom. The molecule has 0 fully saturated rings. The summed E-state index contributed by atoms with van der Waals surface area (Å²) >= 11 is 1.58. The molecule has 2 N–H and O–H groups in total. The molecule has 0 unspecified atom stereocenters. The number of methoxy groups -OCH3 is 1. The van der Waals surface area contributed by atoms with Gasteiger partial charge in [-0.2, -0.15) is 4.98 Å². The normalized spacial score (nSPS) is 10.9. The van der Waals surface area contributed by atoms with Crippen LogP contribution in [0.4, 0.5) is 5.69 Å². The lowest BCUT2D eigenvalue weighted by Crippen LogP contribution is -2.04. The summed E-state index contributed by atoms with van der Waals surface area (Å²) in [5.41, 5.74) is 2.96. The number of aryl methyl sites for hydroxylation is 1. The van der Waals surface area contributed by atoms with E-state index in [1.807, 2.05) is 29.0 Å². The third kappa shape index (κ3) is 2.18. The third-order valence-corrected chi connectivity index (χ3v) is 3.93. The smallest absolute Gasteiger partial charge is 0.238 e. The van der Waals surface area contributed by atoms with E-state index in [1.165, 1.54) is 0 Å². The van der Waals surface area contributed by atoms with Crippen molar-refractivity contribution in [1.29, 1.82) is 0 Å². The van der Waals surface area contributed by atoms with Crippen molar-refractivity contribution in [3.63, 3.8) is 0 Å². The Morgan fingerprint density at radius 3 is 3.05 bits per heavy atom. The third-order valence-electron chi connectivity index (χ3n) is 3.17. The number of nitrogens with one attached hydrogen (secondary N) is 1. The number of phenols is 1. The van der Waals surface area contributed by atoms with Crippen LogP contribution in [0.1, 0.15) is 11.3 Å². The molecular formula is C14H15N3O2S. The molecule has 0 aliphatic heterocycles. The molecule has 0 bridgehead atoms. The number of hydrogen-bond donors (Lipinski definition) is 2. The van der Waals surface area contributed by atoms with Crippen LogP contribution >= 0.6 is 11.3 Å². The summed E-state index contributed by atoms with van der Waals surface area (Å²) in [5.74, 6) is 0.913. The topological polar surface area (TPSA) is 58.8 Å². The van der Waals surface area contributed by atoms with Crippen molar-refractivity contribution in [2.24, 2.45) is 0 Å². The van der Waals surface area contributed by atoms with Gasteiger partial charge in [0.15, 0.2) is 4.96 Å². The monoisotopic (exact) mass is 289 g/mol. The van der Waals surface area contributed by atoms with Gasteiger partial charge in [0, 0.05) is 17.3 Å². The van der Waals surface area contributed by atoms with E-state index < -0.39 is 0 Å². The van der Waals surface area contributed by atoms with E-state index in [2.05, 4.69) is 10.3 Å². The molecule has 2 aromatic heterocycles. The first-order chi connectivity index (χ1) is 9.69. The summed E-state index contributed by atoms with van der Waals surface area (Å²) in [6.07, 6.45) is 1.98. The summed E-state index contributed by atoms with van der Waals surface area (Å²) in [4.78, 5) is 5.34. The molecule has 0 radical (unpaired) electrons. The maximum absolute atomic E-state index is 9.42. The molecule has 20 heavy (non-hydrogen) atoms. The van der Waals surface area contributed by atoms with Crippen molar-refractivity contribution in [1.82, 2.24) is 9.38 Å². The molecule has 5 nitrogen and oxygen atoms in total. The fraction of sp³-hybridized carbons (Fsp3) is 0.214. The van der Waals surface area contributed by atoms with Crippen molar-refractivity contribution in [3.05, 3.63) is 41.0 Å². The second-order valence-electron chi connectivity index (χ2n) is 4.48. The number of aromatic nitrogens is 2. The molecule has 104 valence electrons. The maximum Gasteiger partial charge on any atom is 0.238 e. The lowest BCUT2D eigenvalue weighted by molar-refractivity contribution is 0.395. The highest BCUT2D eigenvalue weighted by molar-refractivity contribution is 7.15. The minimum atomic E-state index is 0.273. The Morgan fingerprint density at radius 1 is 1.45 bits per heavy atom. The summed E-state index contributed by atoms with van der Waals surface area (Å²) in [6, 6.07) is 5.27. The Labute approximate surface area is 120 Å². The molecule has 0 aliphatic rings. The molecule has 0 atom stereocenters. The Kier molecular flexibility index (Phi) is 3.23.